The number of carbonyl (C=O) groups excluding carboxylic acids is 1. The second-order valence-corrected chi connectivity index (χ2v) is 4.93. The highest BCUT2D eigenvalue weighted by molar-refractivity contribution is 5.54. The van der Waals surface area contributed by atoms with Gasteiger partial charge in [-0.1, -0.05) is 30.3 Å². The molecule has 2 rings (SSSR count). The first-order chi connectivity index (χ1) is 9.09. The first-order valence-electron chi connectivity index (χ1n) is 6.19. The molecule has 0 spiro atoms. The molecule has 4 heteroatoms. The Kier molecular flexibility index (Phi) is 4.27. The van der Waals surface area contributed by atoms with Gasteiger partial charge in [0.2, 0.25) is 6.08 Å². The molecule has 100 valence electrons. The Balaban J connectivity index is 2.01. The van der Waals surface area contributed by atoms with Gasteiger partial charge in [0.05, 0.1) is 19.8 Å². The normalized spacial score (nSPS) is 17.7. The predicted octanol–water partition coefficient (Wildman–Crippen LogP) is 2.69. The van der Waals surface area contributed by atoms with Crippen molar-refractivity contribution in [2.45, 2.75) is 26.2 Å². The summed E-state index contributed by atoms with van der Waals surface area (Å²) in [5.74, 6) is -0.492. The van der Waals surface area contributed by atoms with E-state index in [2.05, 4.69) is 11.1 Å². The first-order valence-corrected chi connectivity index (χ1v) is 6.19. The number of isocyanates is 1. The Morgan fingerprint density at radius 2 is 1.89 bits per heavy atom. The summed E-state index contributed by atoms with van der Waals surface area (Å²) in [6.45, 7) is 5.37. The molecule has 1 heterocycles. The van der Waals surface area contributed by atoms with E-state index >= 15 is 0 Å². The molecule has 0 saturated carbocycles. The number of nitrogens with zero attached hydrogens (tertiary/aromatic N) is 1. The second kappa shape index (κ2) is 5.93. The molecule has 0 amide bonds. The summed E-state index contributed by atoms with van der Waals surface area (Å²) in [6.07, 6.45) is 3.59. The average Bonchev–Trinajstić information content (AvgIpc) is 2.40. The van der Waals surface area contributed by atoms with Crippen LogP contribution in [0.2, 0.25) is 0 Å². The molecule has 0 aliphatic carbocycles. The summed E-state index contributed by atoms with van der Waals surface area (Å²) in [6, 6.07) is 7.87. The number of aliphatic imine (C=N–C) groups is 1. The SMILES string of the molecule is CC1(C)OCC(=Cc2ccc(CN=C=O)cc2)CO1. The van der Waals surface area contributed by atoms with E-state index in [9.17, 15) is 4.79 Å². The lowest BCUT2D eigenvalue weighted by atomic mass is 10.1. The van der Waals surface area contributed by atoms with E-state index in [4.69, 9.17) is 9.47 Å². The number of benzene rings is 1. The summed E-state index contributed by atoms with van der Waals surface area (Å²) in [5.41, 5.74) is 3.18. The van der Waals surface area contributed by atoms with Gasteiger partial charge in [-0.15, -0.1) is 0 Å². The summed E-state index contributed by atoms with van der Waals surface area (Å²) >= 11 is 0. The van der Waals surface area contributed by atoms with Crippen LogP contribution in [-0.4, -0.2) is 25.1 Å². The van der Waals surface area contributed by atoms with Crippen LogP contribution in [0.15, 0.2) is 34.8 Å². The van der Waals surface area contributed by atoms with Gasteiger partial charge in [0.25, 0.3) is 0 Å². The average molecular weight is 259 g/mol. The quantitative estimate of drug-likeness (QED) is 0.619. The van der Waals surface area contributed by atoms with Gasteiger partial charge >= 0.3 is 0 Å². The molecule has 1 aliphatic heterocycles. The van der Waals surface area contributed by atoms with E-state index in [1.54, 1.807) is 0 Å². The predicted molar refractivity (Wildman–Crippen MR) is 72.2 cm³/mol. The zero-order valence-electron chi connectivity index (χ0n) is 11.2. The molecule has 0 bridgehead atoms. The van der Waals surface area contributed by atoms with E-state index in [0.717, 1.165) is 16.7 Å². The Morgan fingerprint density at radius 3 is 2.47 bits per heavy atom. The number of hydrogen-bond acceptors (Lipinski definition) is 4. The summed E-state index contributed by atoms with van der Waals surface area (Å²) < 4.78 is 11.2. The van der Waals surface area contributed by atoms with Crippen LogP contribution < -0.4 is 0 Å². The van der Waals surface area contributed by atoms with Crippen LogP contribution in [-0.2, 0) is 20.8 Å². The van der Waals surface area contributed by atoms with Crippen molar-refractivity contribution in [2.24, 2.45) is 4.99 Å². The maximum absolute atomic E-state index is 10.0. The minimum atomic E-state index is -0.492. The highest BCUT2D eigenvalue weighted by atomic mass is 16.7. The molecule has 1 fully saturated rings. The third kappa shape index (κ3) is 4.14. The molecule has 1 saturated heterocycles. The van der Waals surface area contributed by atoms with Crippen LogP contribution in [0.5, 0.6) is 0 Å². The standard InChI is InChI=1S/C15H17NO3/c1-15(2)18-9-14(10-19-15)7-12-3-5-13(6-4-12)8-16-11-17/h3-7H,8-10H2,1-2H3. The fraction of sp³-hybridized carbons (Fsp3) is 0.400. The maximum Gasteiger partial charge on any atom is 0.235 e. The van der Waals surface area contributed by atoms with Gasteiger partial charge in [0.1, 0.15) is 0 Å². The number of rotatable bonds is 3. The van der Waals surface area contributed by atoms with Crippen molar-refractivity contribution in [3.8, 4) is 0 Å². The molecule has 1 aliphatic rings. The molecule has 0 aromatic heterocycles. The summed E-state index contributed by atoms with van der Waals surface area (Å²) in [7, 11) is 0. The van der Waals surface area contributed by atoms with Crippen molar-refractivity contribution in [1.29, 1.82) is 0 Å². The Morgan fingerprint density at radius 1 is 1.26 bits per heavy atom. The van der Waals surface area contributed by atoms with Crippen LogP contribution in [0, 0.1) is 0 Å². The van der Waals surface area contributed by atoms with E-state index in [-0.39, 0.29) is 0 Å². The lowest BCUT2D eigenvalue weighted by Gasteiger charge is -2.31. The van der Waals surface area contributed by atoms with Gasteiger partial charge in [-0.3, -0.25) is 0 Å². The fourth-order valence-electron chi connectivity index (χ4n) is 1.78. The minimum Gasteiger partial charge on any atom is -0.346 e. The highest BCUT2D eigenvalue weighted by Crippen LogP contribution is 2.21. The van der Waals surface area contributed by atoms with Gasteiger partial charge in [0.15, 0.2) is 5.79 Å². The number of ether oxygens (including phenoxy) is 2. The largest absolute Gasteiger partial charge is 0.346 e. The molecule has 0 N–H and O–H groups in total. The Labute approximate surface area is 112 Å². The smallest absolute Gasteiger partial charge is 0.235 e. The van der Waals surface area contributed by atoms with Crippen molar-refractivity contribution in [3.05, 3.63) is 41.0 Å². The van der Waals surface area contributed by atoms with Crippen LogP contribution in [0.1, 0.15) is 25.0 Å². The third-order valence-corrected chi connectivity index (χ3v) is 2.89. The lowest BCUT2D eigenvalue weighted by molar-refractivity contribution is -0.225. The van der Waals surface area contributed by atoms with E-state index in [1.807, 2.05) is 38.1 Å². The van der Waals surface area contributed by atoms with Crippen molar-refractivity contribution in [3.63, 3.8) is 0 Å². The topological polar surface area (TPSA) is 47.9 Å². The lowest BCUT2D eigenvalue weighted by Crippen LogP contribution is -2.35. The fourth-order valence-corrected chi connectivity index (χ4v) is 1.78. The van der Waals surface area contributed by atoms with Gasteiger partial charge in [-0.2, -0.15) is 0 Å². The van der Waals surface area contributed by atoms with Crippen molar-refractivity contribution < 1.29 is 14.3 Å². The van der Waals surface area contributed by atoms with Gasteiger partial charge in [-0.25, -0.2) is 9.79 Å². The minimum absolute atomic E-state index is 0.376. The summed E-state index contributed by atoms with van der Waals surface area (Å²) in [5, 5.41) is 0. The van der Waals surface area contributed by atoms with Crippen LogP contribution >= 0.6 is 0 Å². The van der Waals surface area contributed by atoms with Crippen LogP contribution in [0.4, 0.5) is 0 Å². The Hall–Kier alpha value is -1.74. The zero-order valence-corrected chi connectivity index (χ0v) is 11.2. The molecule has 0 unspecified atom stereocenters. The van der Waals surface area contributed by atoms with E-state index < -0.39 is 5.79 Å². The monoisotopic (exact) mass is 259 g/mol. The molecule has 0 radical (unpaired) electrons. The molecule has 0 atom stereocenters. The first kappa shape index (κ1) is 13.7. The summed E-state index contributed by atoms with van der Waals surface area (Å²) in [4.78, 5) is 13.6. The molecular formula is C15H17NO3. The van der Waals surface area contributed by atoms with Gasteiger partial charge in [-0.05, 0) is 30.5 Å². The highest BCUT2D eigenvalue weighted by Gasteiger charge is 2.24. The van der Waals surface area contributed by atoms with Gasteiger partial charge in [0, 0.05) is 0 Å². The van der Waals surface area contributed by atoms with Crippen molar-refractivity contribution in [1.82, 2.24) is 0 Å². The molecular weight excluding hydrogens is 242 g/mol. The maximum atomic E-state index is 10.0. The van der Waals surface area contributed by atoms with E-state index in [0.29, 0.717) is 19.8 Å². The molecule has 4 nitrogen and oxygen atoms in total. The molecule has 1 aromatic carbocycles. The number of hydrogen-bond donors (Lipinski definition) is 0. The van der Waals surface area contributed by atoms with Crippen molar-refractivity contribution in [2.75, 3.05) is 13.2 Å². The Bertz CT molecular complexity index is 499. The van der Waals surface area contributed by atoms with Gasteiger partial charge < -0.3 is 9.47 Å². The molecule has 1 aromatic rings. The van der Waals surface area contributed by atoms with Crippen LogP contribution in [0.3, 0.4) is 0 Å². The third-order valence-electron chi connectivity index (χ3n) is 2.89. The van der Waals surface area contributed by atoms with E-state index in [1.165, 1.54) is 6.08 Å². The van der Waals surface area contributed by atoms with Crippen LogP contribution in [0.25, 0.3) is 6.08 Å². The zero-order chi connectivity index (χ0) is 13.7. The second-order valence-electron chi connectivity index (χ2n) is 4.93. The molecule has 19 heavy (non-hydrogen) atoms. The van der Waals surface area contributed by atoms with Crippen molar-refractivity contribution >= 4 is 12.2 Å².